The monoisotopic (exact) mass is 539 g/mol. The summed E-state index contributed by atoms with van der Waals surface area (Å²) in [7, 11) is 0. The highest BCUT2D eigenvalue weighted by molar-refractivity contribution is 8.00. The first kappa shape index (κ1) is 31.2. The summed E-state index contributed by atoms with van der Waals surface area (Å²) in [5.74, 6) is 1.88. The lowest BCUT2D eigenvalue weighted by atomic mass is 9.81. The van der Waals surface area contributed by atoms with Gasteiger partial charge in [-0.05, 0) is 75.9 Å². The number of thioether (sulfide) groups is 1. The molecule has 1 aliphatic heterocycles. The number of ether oxygens (including phenoxy) is 1. The molecule has 1 saturated carbocycles. The molecule has 1 saturated heterocycles. The van der Waals surface area contributed by atoms with Gasteiger partial charge in [-0.15, -0.1) is 0 Å². The van der Waals surface area contributed by atoms with Crippen molar-refractivity contribution in [3.8, 4) is 0 Å². The van der Waals surface area contributed by atoms with E-state index in [1.807, 2.05) is 27.7 Å². The van der Waals surface area contributed by atoms with Gasteiger partial charge in [0.05, 0.1) is 12.4 Å². The second-order valence-electron chi connectivity index (χ2n) is 12.0. The standard InChI is InChI=1S/C27H49N5O4S/c1-17(2)15-36-26(35)31-22(27(5,6)37-16-18(3)4)25(34)32-13-7-8-21(32)24(33)30-14-19-9-11-20(12-10-19)23(28)29/h17-22H,7-16H2,1-6H3,(H3,28,29)(H,30,33)(H,31,35)/t19-,20-,21-,22-/m0/s1. The molecule has 2 fully saturated rings. The lowest BCUT2D eigenvalue weighted by Gasteiger charge is -2.37. The van der Waals surface area contributed by atoms with Gasteiger partial charge < -0.3 is 26.0 Å². The number of likely N-dealkylation sites (tertiary alicyclic amines) is 1. The van der Waals surface area contributed by atoms with Crippen LogP contribution < -0.4 is 16.4 Å². The fourth-order valence-corrected chi connectivity index (χ4v) is 6.00. The maximum absolute atomic E-state index is 13.9. The van der Waals surface area contributed by atoms with E-state index in [1.54, 1.807) is 16.7 Å². The molecular weight excluding hydrogens is 490 g/mol. The first-order valence-corrected chi connectivity index (χ1v) is 14.8. The van der Waals surface area contributed by atoms with E-state index in [0.717, 1.165) is 37.9 Å². The smallest absolute Gasteiger partial charge is 0.407 e. The minimum Gasteiger partial charge on any atom is -0.449 e. The van der Waals surface area contributed by atoms with Crippen LogP contribution in [0.1, 0.15) is 80.1 Å². The third-order valence-electron chi connectivity index (χ3n) is 7.23. The highest BCUT2D eigenvalue weighted by atomic mass is 32.2. The van der Waals surface area contributed by atoms with Crippen LogP contribution in [0.3, 0.4) is 0 Å². The van der Waals surface area contributed by atoms with Crippen LogP contribution in [0.5, 0.6) is 0 Å². The molecule has 2 rings (SSSR count). The predicted molar refractivity (Wildman–Crippen MR) is 150 cm³/mol. The maximum Gasteiger partial charge on any atom is 0.407 e. The van der Waals surface area contributed by atoms with Crippen molar-refractivity contribution in [2.45, 2.75) is 96.9 Å². The Bertz CT molecular complexity index is 796. The Morgan fingerprint density at radius 3 is 2.30 bits per heavy atom. The Balaban J connectivity index is 2.06. The number of nitrogens with zero attached hydrogens (tertiary/aromatic N) is 1. The fourth-order valence-electron chi connectivity index (χ4n) is 4.91. The number of alkyl carbamates (subject to hydrolysis) is 1. The first-order chi connectivity index (χ1) is 17.3. The second kappa shape index (κ2) is 14.3. The van der Waals surface area contributed by atoms with Gasteiger partial charge in [-0.1, -0.05) is 27.7 Å². The number of amides is 3. The molecule has 3 amide bonds. The van der Waals surface area contributed by atoms with Gasteiger partial charge in [0.1, 0.15) is 12.1 Å². The molecular formula is C27H49N5O4S. The minimum atomic E-state index is -0.814. The molecule has 1 aliphatic carbocycles. The van der Waals surface area contributed by atoms with Crippen molar-refractivity contribution >= 4 is 35.5 Å². The lowest BCUT2D eigenvalue weighted by Crippen LogP contribution is -2.60. The molecule has 0 spiro atoms. The van der Waals surface area contributed by atoms with Crippen molar-refractivity contribution in [2.75, 3.05) is 25.4 Å². The van der Waals surface area contributed by atoms with Gasteiger partial charge in [-0.25, -0.2) is 4.79 Å². The Labute approximate surface area is 227 Å². The lowest BCUT2D eigenvalue weighted by molar-refractivity contribution is -0.140. The number of nitrogens with one attached hydrogen (secondary N) is 3. The number of hydrogen-bond donors (Lipinski definition) is 4. The molecule has 5 N–H and O–H groups in total. The van der Waals surface area contributed by atoms with E-state index in [4.69, 9.17) is 15.9 Å². The van der Waals surface area contributed by atoms with Crippen molar-refractivity contribution in [3.63, 3.8) is 0 Å². The maximum atomic E-state index is 13.9. The summed E-state index contributed by atoms with van der Waals surface area (Å²) < 4.78 is 4.75. The van der Waals surface area contributed by atoms with E-state index < -0.39 is 22.9 Å². The molecule has 0 aromatic carbocycles. The highest BCUT2D eigenvalue weighted by Crippen LogP contribution is 2.33. The van der Waals surface area contributed by atoms with Crippen LogP contribution >= 0.6 is 11.8 Å². The summed E-state index contributed by atoms with van der Waals surface area (Å²) in [5, 5.41) is 13.6. The van der Waals surface area contributed by atoms with Crippen molar-refractivity contribution < 1.29 is 19.1 Å². The Kier molecular flexibility index (Phi) is 12.0. The molecule has 0 bridgehead atoms. The molecule has 37 heavy (non-hydrogen) atoms. The largest absolute Gasteiger partial charge is 0.449 e. The SMILES string of the molecule is CC(C)COC(=O)N[C@@H](C(=O)N1CCC[C@H]1C(=O)NC[C@H]1CC[C@H](C(=N)N)CC1)C(C)(C)SCC(C)C. The third-order valence-corrected chi connectivity index (χ3v) is 9.04. The normalized spacial score (nSPS) is 23.1. The van der Waals surface area contributed by atoms with Crippen LogP contribution in [0.4, 0.5) is 4.79 Å². The van der Waals surface area contributed by atoms with Gasteiger partial charge in [0, 0.05) is 23.8 Å². The van der Waals surface area contributed by atoms with E-state index >= 15 is 0 Å². The van der Waals surface area contributed by atoms with Gasteiger partial charge in [0.15, 0.2) is 0 Å². The number of amidine groups is 1. The average molecular weight is 540 g/mol. The van der Waals surface area contributed by atoms with E-state index in [9.17, 15) is 14.4 Å². The number of rotatable bonds is 12. The fraction of sp³-hybridized carbons (Fsp3) is 0.852. The predicted octanol–water partition coefficient (Wildman–Crippen LogP) is 3.75. The quantitative estimate of drug-likeness (QED) is 0.220. The molecule has 9 nitrogen and oxygen atoms in total. The highest BCUT2D eigenvalue weighted by Gasteiger charge is 2.44. The van der Waals surface area contributed by atoms with Crippen LogP contribution in [-0.2, 0) is 14.3 Å². The number of nitrogens with two attached hydrogens (primary N) is 1. The zero-order valence-corrected chi connectivity index (χ0v) is 24.4. The van der Waals surface area contributed by atoms with E-state index in [2.05, 4.69) is 24.5 Å². The molecule has 10 heteroatoms. The Hall–Kier alpha value is -1.97. The van der Waals surface area contributed by atoms with Gasteiger partial charge in [0.25, 0.3) is 0 Å². The van der Waals surface area contributed by atoms with Crippen LogP contribution in [0.2, 0.25) is 0 Å². The van der Waals surface area contributed by atoms with Crippen molar-refractivity contribution in [3.05, 3.63) is 0 Å². The van der Waals surface area contributed by atoms with Gasteiger partial charge in [0.2, 0.25) is 11.8 Å². The van der Waals surface area contributed by atoms with Crippen molar-refractivity contribution in [1.82, 2.24) is 15.5 Å². The van der Waals surface area contributed by atoms with Crippen molar-refractivity contribution in [1.29, 1.82) is 5.41 Å². The average Bonchev–Trinajstić information content (AvgIpc) is 3.33. The minimum absolute atomic E-state index is 0.131. The molecule has 0 aromatic heterocycles. The Morgan fingerprint density at radius 2 is 1.73 bits per heavy atom. The van der Waals surface area contributed by atoms with Gasteiger partial charge in [-0.2, -0.15) is 11.8 Å². The van der Waals surface area contributed by atoms with Crippen molar-refractivity contribution in [2.24, 2.45) is 29.4 Å². The summed E-state index contributed by atoms with van der Waals surface area (Å²) >= 11 is 1.65. The Morgan fingerprint density at radius 1 is 1.08 bits per heavy atom. The zero-order valence-electron chi connectivity index (χ0n) is 23.6. The van der Waals surface area contributed by atoms with Crippen LogP contribution in [0, 0.1) is 29.1 Å². The van der Waals surface area contributed by atoms with Crippen LogP contribution in [-0.4, -0.2) is 70.9 Å². The molecule has 0 radical (unpaired) electrons. The van der Waals surface area contributed by atoms with Gasteiger partial charge in [-0.3, -0.25) is 15.0 Å². The zero-order chi connectivity index (χ0) is 27.8. The molecule has 2 atom stereocenters. The summed E-state index contributed by atoms with van der Waals surface area (Å²) in [6.45, 7) is 13.4. The van der Waals surface area contributed by atoms with E-state index in [-0.39, 0.29) is 36.1 Å². The molecule has 0 unspecified atom stereocenters. The number of carbonyl (C=O) groups is 3. The summed E-state index contributed by atoms with van der Waals surface area (Å²) in [6, 6.07) is -1.35. The van der Waals surface area contributed by atoms with E-state index in [0.29, 0.717) is 31.3 Å². The third kappa shape index (κ3) is 9.69. The molecule has 2 aliphatic rings. The molecule has 1 heterocycles. The molecule has 212 valence electrons. The molecule has 0 aromatic rings. The second-order valence-corrected chi connectivity index (χ2v) is 13.7. The van der Waals surface area contributed by atoms with Gasteiger partial charge >= 0.3 is 6.09 Å². The van der Waals surface area contributed by atoms with E-state index in [1.165, 1.54) is 0 Å². The summed E-state index contributed by atoms with van der Waals surface area (Å²) in [4.78, 5) is 41.3. The summed E-state index contributed by atoms with van der Waals surface area (Å²) in [5.41, 5.74) is 5.65. The number of carbonyl (C=O) groups excluding carboxylic acids is 3. The van der Waals surface area contributed by atoms with Crippen LogP contribution in [0.15, 0.2) is 0 Å². The first-order valence-electron chi connectivity index (χ1n) is 13.8. The summed E-state index contributed by atoms with van der Waals surface area (Å²) in [6.07, 6.45) is 4.39. The topological polar surface area (TPSA) is 138 Å². The number of hydrogen-bond acceptors (Lipinski definition) is 6. The van der Waals surface area contributed by atoms with Crippen LogP contribution in [0.25, 0.3) is 0 Å².